The lowest BCUT2D eigenvalue weighted by Gasteiger charge is -2.09. The molecule has 0 atom stereocenters. The Balaban J connectivity index is 1.60. The quantitative estimate of drug-likeness (QED) is 0.214. The number of carbonyl (C=O) groups excluding carboxylic acids is 2. The zero-order valence-corrected chi connectivity index (χ0v) is 19.8. The number of nitrogens with zero attached hydrogens (tertiary/aromatic N) is 3. The standard InChI is InChI=1S/C23H21ClN4O4S/c1-13-19(22(30)31-3)14(2)25-20(13)18(29)12-33-23-27-26-21(15-6-8-16(24)9-7-15)28(23)11-17-5-4-10-32-17/h4-10,25H,11-12H2,1-3H3. The van der Waals surface area contributed by atoms with Crippen LogP contribution in [0.4, 0.5) is 0 Å². The van der Waals surface area contributed by atoms with E-state index in [4.69, 9.17) is 20.8 Å². The van der Waals surface area contributed by atoms with Crippen LogP contribution in [0.2, 0.25) is 5.02 Å². The number of aryl methyl sites for hydroxylation is 1. The van der Waals surface area contributed by atoms with Crippen molar-refractivity contribution >= 4 is 35.1 Å². The van der Waals surface area contributed by atoms with Gasteiger partial charge in [-0.25, -0.2) is 4.79 Å². The van der Waals surface area contributed by atoms with Crippen molar-refractivity contribution in [3.05, 3.63) is 76.0 Å². The van der Waals surface area contributed by atoms with Gasteiger partial charge in [0.25, 0.3) is 0 Å². The number of carbonyl (C=O) groups is 2. The van der Waals surface area contributed by atoms with Gasteiger partial charge in [0.15, 0.2) is 16.8 Å². The van der Waals surface area contributed by atoms with Crippen molar-refractivity contribution in [3.63, 3.8) is 0 Å². The number of furan rings is 1. The van der Waals surface area contributed by atoms with E-state index >= 15 is 0 Å². The fourth-order valence-electron chi connectivity index (χ4n) is 3.55. The van der Waals surface area contributed by atoms with Gasteiger partial charge in [0.2, 0.25) is 0 Å². The van der Waals surface area contributed by atoms with Crippen molar-refractivity contribution in [1.82, 2.24) is 19.7 Å². The molecule has 0 bridgehead atoms. The third-order valence-electron chi connectivity index (χ3n) is 5.15. The second kappa shape index (κ2) is 9.68. The number of benzene rings is 1. The number of H-pyrrole nitrogens is 1. The molecule has 0 fully saturated rings. The first-order valence-electron chi connectivity index (χ1n) is 10.0. The predicted octanol–water partition coefficient (Wildman–Crippen LogP) is 4.95. The minimum Gasteiger partial charge on any atom is -0.467 e. The maximum absolute atomic E-state index is 13.0. The van der Waals surface area contributed by atoms with Crippen LogP contribution in [0.5, 0.6) is 0 Å². The molecule has 4 rings (SSSR count). The Morgan fingerprint density at radius 2 is 1.94 bits per heavy atom. The number of ether oxygens (including phenoxy) is 1. The molecule has 8 nitrogen and oxygen atoms in total. The molecule has 0 aliphatic heterocycles. The van der Waals surface area contributed by atoms with Crippen LogP contribution in [0, 0.1) is 13.8 Å². The van der Waals surface area contributed by atoms with E-state index in [0.29, 0.717) is 45.1 Å². The molecule has 0 aliphatic rings. The molecule has 1 aromatic carbocycles. The number of rotatable bonds is 8. The van der Waals surface area contributed by atoms with E-state index in [1.54, 1.807) is 32.2 Å². The summed E-state index contributed by atoms with van der Waals surface area (Å²) in [5, 5.41) is 9.85. The molecule has 3 heterocycles. The smallest absolute Gasteiger partial charge is 0.339 e. The molecule has 0 saturated carbocycles. The number of methoxy groups -OCH3 is 1. The van der Waals surface area contributed by atoms with E-state index in [-0.39, 0.29) is 11.5 Å². The van der Waals surface area contributed by atoms with Crippen LogP contribution in [0.3, 0.4) is 0 Å². The third-order valence-corrected chi connectivity index (χ3v) is 6.37. The summed E-state index contributed by atoms with van der Waals surface area (Å²) >= 11 is 7.29. The van der Waals surface area contributed by atoms with Crippen LogP contribution >= 0.6 is 23.4 Å². The summed E-state index contributed by atoms with van der Waals surface area (Å²) in [5.41, 5.74) is 2.78. The summed E-state index contributed by atoms with van der Waals surface area (Å²) in [7, 11) is 1.32. The molecule has 0 aliphatic carbocycles. The first-order valence-corrected chi connectivity index (χ1v) is 11.4. The predicted molar refractivity (Wildman–Crippen MR) is 125 cm³/mol. The summed E-state index contributed by atoms with van der Waals surface area (Å²) in [6.45, 7) is 3.87. The van der Waals surface area contributed by atoms with Gasteiger partial charge in [-0.15, -0.1) is 10.2 Å². The largest absolute Gasteiger partial charge is 0.467 e. The van der Waals surface area contributed by atoms with Crippen LogP contribution in [-0.2, 0) is 11.3 Å². The summed E-state index contributed by atoms with van der Waals surface area (Å²) in [4.78, 5) is 28.0. The van der Waals surface area contributed by atoms with Gasteiger partial charge < -0.3 is 14.1 Å². The number of ketones is 1. The van der Waals surface area contributed by atoms with Crippen molar-refractivity contribution < 1.29 is 18.7 Å². The van der Waals surface area contributed by atoms with Gasteiger partial charge in [-0.3, -0.25) is 9.36 Å². The Bertz CT molecular complexity index is 1290. The number of hydrogen-bond acceptors (Lipinski definition) is 7. The Morgan fingerprint density at radius 1 is 1.18 bits per heavy atom. The normalized spacial score (nSPS) is 11.0. The van der Waals surface area contributed by atoms with E-state index in [2.05, 4.69) is 15.2 Å². The highest BCUT2D eigenvalue weighted by atomic mass is 35.5. The maximum atomic E-state index is 13.0. The summed E-state index contributed by atoms with van der Waals surface area (Å²) in [6.07, 6.45) is 1.60. The fourth-order valence-corrected chi connectivity index (χ4v) is 4.48. The molecule has 0 spiro atoms. The minimum absolute atomic E-state index is 0.109. The molecule has 170 valence electrons. The number of thioether (sulfide) groups is 1. The first kappa shape index (κ1) is 22.9. The van der Waals surface area contributed by atoms with Crippen molar-refractivity contribution in [1.29, 1.82) is 0 Å². The van der Waals surface area contributed by atoms with E-state index < -0.39 is 5.97 Å². The van der Waals surface area contributed by atoms with E-state index in [1.165, 1.54) is 18.9 Å². The fraction of sp³-hybridized carbons (Fsp3) is 0.217. The SMILES string of the molecule is COC(=O)c1c(C)[nH]c(C(=O)CSc2nnc(-c3ccc(Cl)cc3)n2Cc2ccco2)c1C. The molecule has 4 aromatic rings. The van der Waals surface area contributed by atoms with Crippen LogP contribution in [0.15, 0.2) is 52.2 Å². The molecular weight excluding hydrogens is 464 g/mol. The van der Waals surface area contributed by atoms with Gasteiger partial charge in [0, 0.05) is 16.3 Å². The van der Waals surface area contributed by atoms with Gasteiger partial charge in [-0.2, -0.15) is 0 Å². The molecule has 0 amide bonds. The number of nitrogens with one attached hydrogen (secondary N) is 1. The van der Waals surface area contributed by atoms with Gasteiger partial charge in [-0.1, -0.05) is 23.4 Å². The minimum atomic E-state index is -0.473. The van der Waals surface area contributed by atoms with E-state index in [1.807, 2.05) is 28.8 Å². The maximum Gasteiger partial charge on any atom is 0.339 e. The number of esters is 1. The molecule has 0 unspecified atom stereocenters. The van der Waals surface area contributed by atoms with Crippen molar-refractivity contribution in [2.24, 2.45) is 0 Å². The molecule has 0 saturated heterocycles. The van der Waals surface area contributed by atoms with Gasteiger partial charge in [0.05, 0.1) is 36.9 Å². The molecule has 10 heteroatoms. The highest BCUT2D eigenvalue weighted by molar-refractivity contribution is 7.99. The second-order valence-corrected chi connectivity index (χ2v) is 8.69. The molecule has 33 heavy (non-hydrogen) atoms. The van der Waals surface area contributed by atoms with Crippen molar-refractivity contribution in [2.75, 3.05) is 12.9 Å². The second-order valence-electron chi connectivity index (χ2n) is 7.31. The van der Waals surface area contributed by atoms with Crippen LogP contribution in [-0.4, -0.2) is 44.4 Å². The molecule has 1 N–H and O–H groups in total. The molecule has 3 aromatic heterocycles. The topological polar surface area (TPSA) is 103 Å². The first-order chi connectivity index (χ1) is 15.9. The average Bonchev–Trinajstić information content (AvgIpc) is 3.53. The highest BCUT2D eigenvalue weighted by Gasteiger charge is 2.23. The van der Waals surface area contributed by atoms with Crippen LogP contribution < -0.4 is 0 Å². The zero-order chi connectivity index (χ0) is 23.5. The summed E-state index contributed by atoms with van der Waals surface area (Å²) < 4.78 is 12.2. The molecular formula is C23H21ClN4O4S. The van der Waals surface area contributed by atoms with E-state index in [0.717, 1.165) is 11.3 Å². The number of halogens is 1. The van der Waals surface area contributed by atoms with E-state index in [9.17, 15) is 9.59 Å². The lowest BCUT2D eigenvalue weighted by molar-refractivity contribution is 0.0599. The monoisotopic (exact) mass is 484 g/mol. The van der Waals surface area contributed by atoms with Gasteiger partial charge >= 0.3 is 5.97 Å². The Labute approximate surface area is 199 Å². The van der Waals surface area contributed by atoms with Gasteiger partial charge in [-0.05, 0) is 55.8 Å². The summed E-state index contributed by atoms with van der Waals surface area (Å²) in [5.74, 6) is 0.850. The van der Waals surface area contributed by atoms with Crippen LogP contribution in [0.25, 0.3) is 11.4 Å². The lowest BCUT2D eigenvalue weighted by atomic mass is 10.1. The third kappa shape index (κ3) is 4.74. The Kier molecular flexibility index (Phi) is 6.71. The van der Waals surface area contributed by atoms with Crippen molar-refractivity contribution in [3.8, 4) is 11.4 Å². The zero-order valence-electron chi connectivity index (χ0n) is 18.2. The average molecular weight is 485 g/mol. The molecule has 0 radical (unpaired) electrons. The number of Topliss-reactive ketones (excluding diaryl/α,β-unsaturated/α-hetero) is 1. The Morgan fingerprint density at radius 3 is 2.61 bits per heavy atom. The summed E-state index contributed by atoms with van der Waals surface area (Å²) in [6, 6.07) is 11.0. The number of aromatic amines is 1. The Hall–Kier alpha value is -3.30. The number of aromatic nitrogens is 4. The number of hydrogen-bond donors (Lipinski definition) is 1. The van der Waals surface area contributed by atoms with Crippen molar-refractivity contribution in [2.45, 2.75) is 25.5 Å². The highest BCUT2D eigenvalue weighted by Crippen LogP contribution is 2.28. The van der Waals surface area contributed by atoms with Crippen LogP contribution in [0.1, 0.15) is 37.9 Å². The van der Waals surface area contributed by atoms with Gasteiger partial charge in [0.1, 0.15) is 5.76 Å². The lowest BCUT2D eigenvalue weighted by Crippen LogP contribution is -2.09.